The predicted octanol–water partition coefficient (Wildman–Crippen LogP) is 5.36. The Hall–Kier alpha value is -3.09. The van der Waals surface area contributed by atoms with Crippen LogP contribution in [0.1, 0.15) is 16.5 Å². The maximum absolute atomic E-state index is 12.8. The highest BCUT2D eigenvalue weighted by Crippen LogP contribution is 2.43. The number of carbonyl (C=O) groups is 1. The fraction of sp³-hybridized carbons (Fsp3) is 0.125. The zero-order valence-electron chi connectivity index (χ0n) is 16.6. The summed E-state index contributed by atoms with van der Waals surface area (Å²) in [5.41, 5.74) is 4.80. The number of rotatable bonds is 5. The Labute approximate surface area is 189 Å². The van der Waals surface area contributed by atoms with Crippen LogP contribution in [0.5, 0.6) is 0 Å². The van der Waals surface area contributed by atoms with Crippen molar-refractivity contribution in [3.8, 4) is 16.9 Å². The molecule has 1 aliphatic rings. The summed E-state index contributed by atoms with van der Waals surface area (Å²) < 4.78 is 1.88. The first-order valence-electron chi connectivity index (χ1n) is 9.90. The molecule has 4 aromatic rings. The van der Waals surface area contributed by atoms with Gasteiger partial charge in [-0.25, -0.2) is 4.68 Å². The molecular weight excluding hydrogens is 428 g/mol. The van der Waals surface area contributed by atoms with Crippen molar-refractivity contribution in [3.05, 3.63) is 101 Å². The van der Waals surface area contributed by atoms with Crippen LogP contribution in [-0.4, -0.2) is 31.3 Å². The Morgan fingerprint density at radius 1 is 1.03 bits per heavy atom. The molecule has 7 heteroatoms. The molecule has 1 saturated heterocycles. The molecule has 154 valence electrons. The first-order valence-corrected chi connectivity index (χ1v) is 11.3. The fourth-order valence-corrected chi connectivity index (χ4v) is 5.00. The van der Waals surface area contributed by atoms with Gasteiger partial charge in [0.2, 0.25) is 5.91 Å². The zero-order valence-corrected chi connectivity index (χ0v) is 18.1. The number of amides is 1. The standard InChI is InChI=1S/C24H19ClN4OS/c25-19-10-8-18(9-11-19)23-21(15-29(27-23)20-6-2-1-3-7-20)24-28(22(30)16-31-24)14-17-5-4-12-26-13-17/h1-13,15,24H,14,16H2. The number of aromatic nitrogens is 3. The second-order valence-electron chi connectivity index (χ2n) is 7.27. The second-order valence-corrected chi connectivity index (χ2v) is 8.77. The monoisotopic (exact) mass is 446 g/mol. The van der Waals surface area contributed by atoms with Crippen molar-refractivity contribution in [1.29, 1.82) is 0 Å². The summed E-state index contributed by atoms with van der Waals surface area (Å²) in [5, 5.41) is 5.45. The average molecular weight is 447 g/mol. The van der Waals surface area contributed by atoms with Crippen LogP contribution in [-0.2, 0) is 11.3 Å². The van der Waals surface area contributed by atoms with Crippen molar-refractivity contribution in [2.24, 2.45) is 0 Å². The lowest BCUT2D eigenvalue weighted by Gasteiger charge is -2.24. The van der Waals surface area contributed by atoms with Gasteiger partial charge < -0.3 is 4.90 Å². The van der Waals surface area contributed by atoms with Crippen molar-refractivity contribution in [2.45, 2.75) is 11.9 Å². The summed E-state index contributed by atoms with van der Waals surface area (Å²) in [6.07, 6.45) is 5.58. The Morgan fingerprint density at radius 2 is 1.84 bits per heavy atom. The minimum absolute atomic E-state index is 0.119. The molecule has 0 N–H and O–H groups in total. The van der Waals surface area contributed by atoms with Gasteiger partial charge in [-0.05, 0) is 35.9 Å². The highest BCUT2D eigenvalue weighted by atomic mass is 35.5. The van der Waals surface area contributed by atoms with Gasteiger partial charge >= 0.3 is 0 Å². The molecule has 0 aliphatic carbocycles. The first kappa shape index (κ1) is 19.8. The Morgan fingerprint density at radius 3 is 2.58 bits per heavy atom. The van der Waals surface area contributed by atoms with Gasteiger partial charge in [-0.1, -0.05) is 48.0 Å². The molecule has 1 unspecified atom stereocenters. The van der Waals surface area contributed by atoms with Crippen molar-refractivity contribution >= 4 is 29.3 Å². The summed E-state index contributed by atoms with van der Waals surface area (Å²) in [5.74, 6) is 0.565. The molecule has 5 rings (SSSR count). The van der Waals surface area contributed by atoms with Crippen LogP contribution in [0.2, 0.25) is 5.02 Å². The molecule has 31 heavy (non-hydrogen) atoms. The number of thioether (sulfide) groups is 1. The van der Waals surface area contributed by atoms with E-state index in [1.165, 1.54) is 0 Å². The minimum Gasteiger partial charge on any atom is -0.321 e. The lowest BCUT2D eigenvalue weighted by molar-refractivity contribution is -0.128. The van der Waals surface area contributed by atoms with Crippen molar-refractivity contribution in [1.82, 2.24) is 19.7 Å². The van der Waals surface area contributed by atoms with E-state index in [2.05, 4.69) is 4.98 Å². The summed E-state index contributed by atoms with van der Waals surface area (Å²) in [4.78, 5) is 18.9. The molecule has 3 heterocycles. The van der Waals surface area contributed by atoms with Gasteiger partial charge in [0.1, 0.15) is 5.37 Å². The van der Waals surface area contributed by atoms with Gasteiger partial charge in [-0.3, -0.25) is 9.78 Å². The van der Waals surface area contributed by atoms with Gasteiger partial charge in [0.25, 0.3) is 0 Å². The fourth-order valence-electron chi connectivity index (χ4n) is 3.68. The first-order chi connectivity index (χ1) is 15.2. The molecule has 1 aliphatic heterocycles. The van der Waals surface area contributed by atoms with E-state index >= 15 is 0 Å². The normalized spacial score (nSPS) is 16.1. The maximum Gasteiger partial charge on any atom is 0.234 e. The lowest BCUT2D eigenvalue weighted by Crippen LogP contribution is -2.27. The van der Waals surface area contributed by atoms with E-state index in [1.807, 2.05) is 82.5 Å². The molecule has 5 nitrogen and oxygen atoms in total. The Bertz CT molecular complexity index is 1200. The molecule has 2 aromatic carbocycles. The Balaban J connectivity index is 1.58. The van der Waals surface area contributed by atoms with E-state index < -0.39 is 0 Å². The third-order valence-electron chi connectivity index (χ3n) is 5.19. The summed E-state index contributed by atoms with van der Waals surface area (Å²) in [6.45, 7) is 0.515. The molecule has 1 fully saturated rings. The second kappa shape index (κ2) is 8.57. The minimum atomic E-state index is -0.129. The number of benzene rings is 2. The lowest BCUT2D eigenvalue weighted by atomic mass is 10.1. The van der Waals surface area contributed by atoms with Crippen molar-refractivity contribution < 1.29 is 4.79 Å². The van der Waals surface area contributed by atoms with Crippen molar-refractivity contribution in [3.63, 3.8) is 0 Å². The van der Waals surface area contributed by atoms with Crippen LogP contribution >= 0.6 is 23.4 Å². The molecule has 0 saturated carbocycles. The largest absolute Gasteiger partial charge is 0.321 e. The summed E-state index contributed by atoms with van der Waals surface area (Å²) in [7, 11) is 0. The van der Waals surface area contributed by atoms with Gasteiger partial charge in [0.15, 0.2) is 0 Å². The molecule has 2 aromatic heterocycles. The third kappa shape index (κ3) is 4.09. The van der Waals surface area contributed by atoms with Crippen molar-refractivity contribution in [2.75, 3.05) is 5.75 Å². The Kier molecular flexibility index (Phi) is 5.49. The van der Waals surface area contributed by atoms with Crippen LogP contribution < -0.4 is 0 Å². The summed E-state index contributed by atoms with van der Waals surface area (Å²) in [6, 6.07) is 21.5. The summed E-state index contributed by atoms with van der Waals surface area (Å²) >= 11 is 7.74. The van der Waals surface area contributed by atoms with Crippen LogP contribution in [0.15, 0.2) is 85.3 Å². The number of hydrogen-bond donors (Lipinski definition) is 0. The van der Waals surface area contributed by atoms with E-state index in [0.29, 0.717) is 17.3 Å². The quantitative estimate of drug-likeness (QED) is 0.414. The van der Waals surface area contributed by atoms with E-state index in [4.69, 9.17) is 16.7 Å². The molecule has 1 atom stereocenters. The number of pyridine rings is 1. The smallest absolute Gasteiger partial charge is 0.234 e. The molecule has 0 bridgehead atoms. The van der Waals surface area contributed by atoms with E-state index in [0.717, 1.165) is 28.1 Å². The SMILES string of the molecule is O=C1CSC(c2cn(-c3ccccc3)nc2-c2ccc(Cl)cc2)N1Cc1cccnc1. The number of nitrogens with zero attached hydrogens (tertiary/aromatic N) is 4. The third-order valence-corrected chi connectivity index (χ3v) is 6.68. The predicted molar refractivity (Wildman–Crippen MR) is 124 cm³/mol. The van der Waals surface area contributed by atoms with Crippen LogP contribution in [0.4, 0.5) is 0 Å². The number of carbonyl (C=O) groups excluding carboxylic acids is 1. The van der Waals surface area contributed by atoms with Gasteiger partial charge in [0, 0.05) is 41.3 Å². The highest BCUT2D eigenvalue weighted by Gasteiger charge is 2.36. The van der Waals surface area contributed by atoms with E-state index in [9.17, 15) is 4.79 Å². The number of hydrogen-bond acceptors (Lipinski definition) is 4. The molecular formula is C24H19ClN4OS. The maximum atomic E-state index is 12.8. The van der Waals surface area contributed by atoms with Crippen LogP contribution in [0.3, 0.4) is 0 Å². The van der Waals surface area contributed by atoms with Crippen LogP contribution in [0, 0.1) is 0 Å². The zero-order chi connectivity index (χ0) is 21.2. The van der Waals surface area contributed by atoms with Gasteiger partial charge in [-0.2, -0.15) is 5.10 Å². The van der Waals surface area contributed by atoms with E-state index in [1.54, 1.807) is 24.2 Å². The highest BCUT2D eigenvalue weighted by molar-refractivity contribution is 8.00. The number of para-hydroxylation sites is 1. The number of halogens is 1. The van der Waals surface area contributed by atoms with Gasteiger partial charge in [0.05, 0.1) is 17.1 Å². The topological polar surface area (TPSA) is 51.0 Å². The molecule has 0 radical (unpaired) electrons. The van der Waals surface area contributed by atoms with Gasteiger partial charge in [-0.15, -0.1) is 11.8 Å². The molecule has 1 amide bonds. The molecule has 0 spiro atoms. The average Bonchev–Trinajstić information content (AvgIpc) is 3.40. The van der Waals surface area contributed by atoms with E-state index in [-0.39, 0.29) is 11.3 Å². The van der Waals surface area contributed by atoms with Crippen LogP contribution in [0.25, 0.3) is 16.9 Å².